The Morgan fingerprint density at radius 2 is 1.44 bits per heavy atom. The van der Waals surface area contributed by atoms with Crippen LogP contribution in [0, 0.1) is 0 Å². The fraction of sp³-hybridized carbons (Fsp3) is 0.600. The van der Waals surface area contributed by atoms with Crippen molar-refractivity contribution in [2.24, 2.45) is 7.05 Å². The number of aryl methyl sites for hydroxylation is 1. The Morgan fingerprint density at radius 1 is 0.880 bits per heavy atom. The third-order valence-electron chi connectivity index (χ3n) is 4.15. The van der Waals surface area contributed by atoms with Crippen molar-refractivity contribution < 1.29 is 9.47 Å². The van der Waals surface area contributed by atoms with E-state index in [0.29, 0.717) is 43.5 Å². The summed E-state index contributed by atoms with van der Waals surface area (Å²) < 4.78 is 12.7. The van der Waals surface area contributed by atoms with E-state index in [9.17, 15) is 0 Å². The lowest BCUT2D eigenvalue weighted by atomic mass is 10.4. The summed E-state index contributed by atoms with van der Waals surface area (Å²) in [7, 11) is 1.91. The summed E-state index contributed by atoms with van der Waals surface area (Å²) in [5.74, 6) is 1.42. The normalized spacial score (nSPS) is 18.6. The number of ether oxygens (including phenoxy) is 2. The van der Waals surface area contributed by atoms with Crippen LogP contribution in [0.2, 0.25) is 0 Å². The molecular formula is C15H21N7O2S. The van der Waals surface area contributed by atoms with Gasteiger partial charge in [-0.2, -0.15) is 20.1 Å². The number of anilines is 2. The average Bonchev–Trinajstić information content (AvgIpc) is 3.07. The summed E-state index contributed by atoms with van der Waals surface area (Å²) in [6.07, 6.45) is 1.77. The smallest absolute Gasteiger partial charge is 0.231 e. The molecule has 2 fully saturated rings. The van der Waals surface area contributed by atoms with E-state index in [4.69, 9.17) is 14.5 Å². The lowest BCUT2D eigenvalue weighted by molar-refractivity contribution is 0.121. The van der Waals surface area contributed by atoms with Crippen molar-refractivity contribution >= 4 is 23.7 Å². The molecule has 25 heavy (non-hydrogen) atoms. The van der Waals surface area contributed by atoms with Gasteiger partial charge in [-0.05, 0) is 17.8 Å². The number of aromatic nitrogens is 5. The van der Waals surface area contributed by atoms with Gasteiger partial charge >= 0.3 is 0 Å². The molecule has 10 heteroatoms. The highest BCUT2D eigenvalue weighted by molar-refractivity contribution is 7.99. The van der Waals surface area contributed by atoms with Crippen LogP contribution in [0.4, 0.5) is 11.9 Å². The molecule has 4 heterocycles. The van der Waals surface area contributed by atoms with E-state index in [2.05, 4.69) is 24.9 Å². The van der Waals surface area contributed by atoms with Gasteiger partial charge in [0.2, 0.25) is 17.1 Å². The minimum atomic E-state index is 0.682. The highest BCUT2D eigenvalue weighted by atomic mass is 32.2. The van der Waals surface area contributed by atoms with Gasteiger partial charge < -0.3 is 19.3 Å². The summed E-state index contributed by atoms with van der Waals surface area (Å²) in [4.78, 5) is 18.4. The van der Waals surface area contributed by atoms with Crippen LogP contribution in [0.5, 0.6) is 0 Å². The zero-order chi connectivity index (χ0) is 17.1. The molecule has 0 atom stereocenters. The van der Waals surface area contributed by atoms with Gasteiger partial charge in [0.05, 0.1) is 32.6 Å². The minimum absolute atomic E-state index is 0.682. The van der Waals surface area contributed by atoms with E-state index in [1.54, 1.807) is 6.20 Å². The topological polar surface area (TPSA) is 81.4 Å². The first-order valence-electron chi connectivity index (χ1n) is 8.37. The van der Waals surface area contributed by atoms with Crippen LogP contribution in [-0.2, 0) is 16.5 Å². The number of hydrogen-bond donors (Lipinski definition) is 0. The van der Waals surface area contributed by atoms with Crippen molar-refractivity contribution in [2.45, 2.75) is 10.2 Å². The maximum atomic E-state index is 5.44. The molecule has 4 rings (SSSR count). The summed E-state index contributed by atoms with van der Waals surface area (Å²) in [5, 5.41) is 5.88. The molecule has 0 radical (unpaired) electrons. The van der Waals surface area contributed by atoms with Crippen LogP contribution in [-0.4, -0.2) is 77.3 Å². The molecule has 0 unspecified atom stereocenters. The largest absolute Gasteiger partial charge is 0.378 e. The van der Waals surface area contributed by atoms with Crippen LogP contribution < -0.4 is 9.80 Å². The van der Waals surface area contributed by atoms with Gasteiger partial charge in [0.25, 0.3) is 0 Å². The van der Waals surface area contributed by atoms with E-state index in [-0.39, 0.29) is 0 Å². The van der Waals surface area contributed by atoms with Crippen molar-refractivity contribution in [3.8, 4) is 0 Å². The maximum Gasteiger partial charge on any atom is 0.231 e. The minimum Gasteiger partial charge on any atom is -0.378 e. The lowest BCUT2D eigenvalue weighted by Crippen LogP contribution is -2.40. The first kappa shape index (κ1) is 16.6. The zero-order valence-electron chi connectivity index (χ0n) is 14.2. The molecule has 0 N–H and O–H groups in total. The van der Waals surface area contributed by atoms with Gasteiger partial charge in [-0.15, -0.1) is 0 Å². The van der Waals surface area contributed by atoms with Crippen molar-refractivity contribution in [2.75, 3.05) is 62.4 Å². The first-order chi connectivity index (χ1) is 12.3. The number of nitrogens with zero attached hydrogens (tertiary/aromatic N) is 7. The predicted molar refractivity (Wildman–Crippen MR) is 93.2 cm³/mol. The van der Waals surface area contributed by atoms with Gasteiger partial charge in [-0.1, -0.05) is 0 Å². The molecule has 0 aromatic carbocycles. The lowest BCUT2D eigenvalue weighted by Gasteiger charge is -2.30. The first-order valence-corrected chi connectivity index (χ1v) is 9.18. The van der Waals surface area contributed by atoms with E-state index in [1.807, 2.05) is 17.8 Å². The van der Waals surface area contributed by atoms with Crippen molar-refractivity contribution in [3.63, 3.8) is 0 Å². The fourth-order valence-corrected chi connectivity index (χ4v) is 3.50. The van der Waals surface area contributed by atoms with Gasteiger partial charge in [0.1, 0.15) is 5.03 Å². The highest BCUT2D eigenvalue weighted by Crippen LogP contribution is 2.27. The molecule has 0 aliphatic carbocycles. The molecule has 2 saturated heterocycles. The third-order valence-corrected chi connectivity index (χ3v) is 5.13. The number of morpholine rings is 2. The van der Waals surface area contributed by atoms with Crippen LogP contribution in [0.1, 0.15) is 0 Å². The Bertz CT molecular complexity index is 677. The molecule has 134 valence electrons. The second kappa shape index (κ2) is 7.54. The maximum absolute atomic E-state index is 5.44. The predicted octanol–water partition coefficient (Wildman–Crippen LogP) is 0.429. The molecule has 0 amide bonds. The van der Waals surface area contributed by atoms with Crippen molar-refractivity contribution in [1.29, 1.82) is 0 Å². The standard InChI is InChI=1S/C15H21N7O2S/c1-20-12(2-3-16-20)25-15-18-13(21-4-8-23-9-5-21)17-14(19-15)22-6-10-24-11-7-22/h2-3H,4-11H2,1H3. The average molecular weight is 363 g/mol. The molecule has 0 spiro atoms. The van der Waals surface area contributed by atoms with E-state index < -0.39 is 0 Å². The Kier molecular flexibility index (Phi) is 4.99. The number of hydrogen-bond acceptors (Lipinski definition) is 9. The fourth-order valence-electron chi connectivity index (χ4n) is 2.75. The van der Waals surface area contributed by atoms with Gasteiger partial charge in [0.15, 0.2) is 0 Å². The van der Waals surface area contributed by atoms with Crippen molar-refractivity contribution in [1.82, 2.24) is 24.7 Å². The molecule has 2 aromatic rings. The molecular weight excluding hydrogens is 342 g/mol. The second-order valence-electron chi connectivity index (χ2n) is 5.81. The van der Waals surface area contributed by atoms with Crippen molar-refractivity contribution in [3.05, 3.63) is 12.3 Å². The SMILES string of the molecule is Cn1nccc1Sc1nc(N2CCOCC2)nc(N2CCOCC2)n1. The molecule has 0 saturated carbocycles. The monoisotopic (exact) mass is 363 g/mol. The van der Waals surface area contributed by atoms with Crippen LogP contribution >= 0.6 is 11.8 Å². The number of rotatable bonds is 4. The van der Waals surface area contributed by atoms with Crippen LogP contribution in [0.15, 0.2) is 22.4 Å². The molecule has 9 nitrogen and oxygen atoms in total. The van der Waals surface area contributed by atoms with E-state index in [1.165, 1.54) is 11.8 Å². The summed E-state index contributed by atoms with van der Waals surface area (Å²) >= 11 is 1.50. The Labute approximate surface area is 150 Å². The quantitative estimate of drug-likeness (QED) is 0.768. The van der Waals surface area contributed by atoms with Gasteiger partial charge in [-0.3, -0.25) is 4.68 Å². The zero-order valence-corrected chi connectivity index (χ0v) is 15.0. The Balaban J connectivity index is 1.65. The third kappa shape index (κ3) is 3.86. The molecule has 0 bridgehead atoms. The van der Waals surface area contributed by atoms with Crippen LogP contribution in [0.25, 0.3) is 0 Å². The van der Waals surface area contributed by atoms with E-state index in [0.717, 1.165) is 31.2 Å². The summed E-state index contributed by atoms with van der Waals surface area (Å²) in [6.45, 7) is 5.96. The Morgan fingerprint density at radius 3 is 1.92 bits per heavy atom. The molecule has 2 aliphatic heterocycles. The summed E-state index contributed by atoms with van der Waals surface area (Å²) in [6, 6.07) is 1.96. The van der Waals surface area contributed by atoms with Gasteiger partial charge in [-0.25, -0.2) is 0 Å². The Hall–Kier alpha value is -1.91. The van der Waals surface area contributed by atoms with E-state index >= 15 is 0 Å². The summed E-state index contributed by atoms with van der Waals surface area (Å²) in [5.41, 5.74) is 0. The molecule has 2 aliphatic rings. The molecule has 2 aromatic heterocycles. The second-order valence-corrected chi connectivity index (χ2v) is 6.80. The van der Waals surface area contributed by atoms with Gasteiger partial charge in [0, 0.05) is 33.2 Å². The highest BCUT2D eigenvalue weighted by Gasteiger charge is 2.21. The van der Waals surface area contributed by atoms with Crippen LogP contribution in [0.3, 0.4) is 0 Å².